The number of rotatable bonds is 9. The maximum Gasteiger partial charge on any atom is 0.282 e. The fourth-order valence-electron chi connectivity index (χ4n) is 3.60. The number of amides is 1. The molecule has 1 N–H and O–H groups in total. The number of ketones is 1. The molecular formula is C25H26Cl3N3O3. The number of aromatic nitrogens is 2. The van der Waals surface area contributed by atoms with Gasteiger partial charge in [0.15, 0.2) is 5.78 Å². The molecule has 0 saturated heterocycles. The third-order valence-electron chi connectivity index (χ3n) is 5.42. The lowest BCUT2D eigenvalue weighted by Gasteiger charge is -2.22. The summed E-state index contributed by atoms with van der Waals surface area (Å²) >= 11 is 18.2. The topological polar surface area (TPSA) is 75.2 Å². The summed E-state index contributed by atoms with van der Waals surface area (Å²) in [5.74, 6) is -0.943. The molecule has 6 nitrogen and oxygen atoms in total. The second-order valence-corrected chi connectivity index (χ2v) is 9.58. The first kappa shape index (κ1) is 26.1. The highest BCUT2D eigenvalue weighted by Gasteiger charge is 2.27. The number of Topliss-reactive ketones (excluding diaryl/α,β-unsaturated/α-hetero) is 1. The molecule has 0 bridgehead atoms. The lowest BCUT2D eigenvalue weighted by atomic mass is 10.0. The van der Waals surface area contributed by atoms with Crippen LogP contribution < -0.4 is 5.56 Å². The van der Waals surface area contributed by atoms with Crippen molar-refractivity contribution >= 4 is 46.5 Å². The van der Waals surface area contributed by atoms with Crippen molar-refractivity contribution < 1.29 is 9.59 Å². The Balaban J connectivity index is 1.98. The predicted molar refractivity (Wildman–Crippen MR) is 137 cm³/mol. The number of carbonyl (C=O) groups excluding carboxylic acids is 2. The van der Waals surface area contributed by atoms with Gasteiger partial charge in [-0.1, -0.05) is 62.0 Å². The molecule has 9 heteroatoms. The van der Waals surface area contributed by atoms with Crippen molar-refractivity contribution in [3.63, 3.8) is 0 Å². The zero-order valence-electron chi connectivity index (χ0n) is 19.2. The average Bonchev–Trinajstić information content (AvgIpc) is 3.14. The van der Waals surface area contributed by atoms with Crippen LogP contribution in [0.5, 0.6) is 0 Å². The quantitative estimate of drug-likeness (QED) is 0.332. The molecule has 1 amide bonds. The number of halogens is 3. The number of aromatic amines is 1. The number of benzene rings is 2. The number of H-pyrrole nitrogens is 1. The molecule has 0 atom stereocenters. The summed E-state index contributed by atoms with van der Waals surface area (Å²) in [5.41, 5.74) is 0.899. The van der Waals surface area contributed by atoms with Crippen molar-refractivity contribution in [1.82, 2.24) is 14.7 Å². The molecule has 180 valence electrons. The van der Waals surface area contributed by atoms with Gasteiger partial charge in [0.2, 0.25) is 0 Å². The van der Waals surface area contributed by atoms with Crippen LogP contribution in [0.2, 0.25) is 15.1 Å². The van der Waals surface area contributed by atoms with E-state index in [1.54, 1.807) is 36.4 Å². The van der Waals surface area contributed by atoms with Gasteiger partial charge in [0.1, 0.15) is 5.56 Å². The predicted octanol–water partition coefficient (Wildman–Crippen LogP) is 6.37. The number of nitrogens with one attached hydrogen (secondary N) is 1. The molecule has 1 aromatic heterocycles. The highest BCUT2D eigenvalue weighted by Crippen LogP contribution is 2.23. The molecule has 0 aliphatic carbocycles. The van der Waals surface area contributed by atoms with Gasteiger partial charge in [-0.25, -0.2) is 4.68 Å². The minimum atomic E-state index is -0.469. The van der Waals surface area contributed by atoms with Gasteiger partial charge in [0.05, 0.1) is 28.5 Å². The van der Waals surface area contributed by atoms with Crippen LogP contribution in [0.25, 0.3) is 5.69 Å². The van der Waals surface area contributed by atoms with Crippen molar-refractivity contribution in [3.8, 4) is 5.69 Å². The van der Waals surface area contributed by atoms with Crippen molar-refractivity contribution in [1.29, 1.82) is 0 Å². The molecule has 2 aromatic carbocycles. The summed E-state index contributed by atoms with van der Waals surface area (Å²) in [6, 6.07) is 11.3. The molecule has 0 fully saturated rings. The first-order valence-corrected chi connectivity index (χ1v) is 12.2. The number of unbranched alkanes of at least 4 members (excludes halogenated alkanes) is 1. The molecule has 0 radical (unpaired) electrons. The second-order valence-electron chi connectivity index (χ2n) is 8.30. The number of nitrogens with zero attached hydrogens (tertiary/aromatic N) is 2. The van der Waals surface area contributed by atoms with Crippen LogP contribution >= 0.6 is 34.8 Å². The van der Waals surface area contributed by atoms with E-state index in [0.717, 1.165) is 6.42 Å². The monoisotopic (exact) mass is 521 g/mol. The maximum atomic E-state index is 13.4. The smallest absolute Gasteiger partial charge is 0.282 e. The summed E-state index contributed by atoms with van der Waals surface area (Å²) in [6.45, 7) is 5.88. The van der Waals surface area contributed by atoms with E-state index in [1.807, 2.05) is 20.8 Å². The van der Waals surface area contributed by atoms with E-state index in [9.17, 15) is 14.4 Å². The third kappa shape index (κ3) is 5.74. The molecule has 1 heterocycles. The summed E-state index contributed by atoms with van der Waals surface area (Å²) in [7, 11) is 0. The van der Waals surface area contributed by atoms with E-state index in [0.29, 0.717) is 34.4 Å². The Hall–Kier alpha value is -2.54. The SMILES string of the molecule is CCCCN(CC(=O)c1c(C(C)C)[nH]n(-c2ccc(Cl)cc2)c1=O)C(=O)c1ccc(Cl)cc1Cl. The second kappa shape index (κ2) is 11.3. The van der Waals surface area contributed by atoms with Crippen molar-refractivity contribution in [2.75, 3.05) is 13.1 Å². The number of carbonyl (C=O) groups is 2. The Bertz CT molecular complexity index is 1250. The molecule has 3 rings (SSSR count). The van der Waals surface area contributed by atoms with Crippen LogP contribution in [-0.2, 0) is 0 Å². The van der Waals surface area contributed by atoms with Gasteiger partial charge in [0, 0.05) is 16.6 Å². The van der Waals surface area contributed by atoms with Gasteiger partial charge >= 0.3 is 0 Å². The van der Waals surface area contributed by atoms with Gasteiger partial charge < -0.3 is 4.90 Å². The van der Waals surface area contributed by atoms with E-state index in [4.69, 9.17) is 34.8 Å². The summed E-state index contributed by atoms with van der Waals surface area (Å²) < 4.78 is 1.33. The number of hydrogen-bond donors (Lipinski definition) is 1. The fraction of sp³-hybridized carbons (Fsp3) is 0.320. The molecule has 0 aliphatic rings. The van der Waals surface area contributed by atoms with E-state index in [1.165, 1.54) is 15.6 Å². The lowest BCUT2D eigenvalue weighted by Crippen LogP contribution is -2.38. The first-order valence-electron chi connectivity index (χ1n) is 11.0. The Morgan fingerprint density at radius 2 is 1.68 bits per heavy atom. The molecule has 0 aliphatic heterocycles. The molecule has 0 saturated carbocycles. The summed E-state index contributed by atoms with van der Waals surface area (Å²) in [5, 5.41) is 4.22. The summed E-state index contributed by atoms with van der Waals surface area (Å²) in [4.78, 5) is 41.4. The van der Waals surface area contributed by atoms with Crippen LogP contribution in [0, 0.1) is 0 Å². The Morgan fingerprint density at radius 3 is 2.26 bits per heavy atom. The first-order chi connectivity index (χ1) is 16.1. The molecular weight excluding hydrogens is 497 g/mol. The van der Waals surface area contributed by atoms with E-state index < -0.39 is 11.3 Å². The van der Waals surface area contributed by atoms with Crippen molar-refractivity contribution in [2.24, 2.45) is 0 Å². The van der Waals surface area contributed by atoms with Gasteiger partial charge in [-0.2, -0.15) is 0 Å². The Kier molecular flexibility index (Phi) is 8.63. The normalized spacial score (nSPS) is 11.1. The molecule has 3 aromatic rings. The minimum Gasteiger partial charge on any atom is -0.331 e. The van der Waals surface area contributed by atoms with Crippen LogP contribution in [0.4, 0.5) is 0 Å². The minimum absolute atomic E-state index is 0.0430. The molecule has 0 unspecified atom stereocenters. The zero-order valence-corrected chi connectivity index (χ0v) is 21.5. The standard InChI is InChI=1S/C25H26Cl3N3O3/c1-4-5-12-30(24(33)19-11-8-17(27)13-20(19)28)14-21(32)22-23(15(2)3)29-31(25(22)34)18-9-6-16(26)7-10-18/h6-11,13,15,29H,4-5,12,14H2,1-3H3. The van der Waals surface area contributed by atoms with E-state index in [-0.39, 0.29) is 34.5 Å². The number of hydrogen-bond acceptors (Lipinski definition) is 3. The third-order valence-corrected chi connectivity index (χ3v) is 6.22. The van der Waals surface area contributed by atoms with E-state index >= 15 is 0 Å². The van der Waals surface area contributed by atoms with Gasteiger partial charge in [-0.15, -0.1) is 0 Å². The molecule has 34 heavy (non-hydrogen) atoms. The van der Waals surface area contributed by atoms with Gasteiger partial charge in [-0.3, -0.25) is 19.5 Å². The molecule has 0 spiro atoms. The van der Waals surface area contributed by atoms with Crippen LogP contribution in [-0.4, -0.2) is 39.5 Å². The van der Waals surface area contributed by atoms with Crippen LogP contribution in [0.1, 0.15) is 65.9 Å². The Labute approximate surface area is 213 Å². The zero-order chi connectivity index (χ0) is 25.0. The fourth-order valence-corrected chi connectivity index (χ4v) is 4.22. The summed E-state index contributed by atoms with van der Waals surface area (Å²) in [6.07, 6.45) is 1.53. The Morgan fingerprint density at radius 1 is 1.03 bits per heavy atom. The van der Waals surface area contributed by atoms with Crippen molar-refractivity contribution in [3.05, 3.63) is 84.7 Å². The van der Waals surface area contributed by atoms with E-state index in [2.05, 4.69) is 5.10 Å². The maximum absolute atomic E-state index is 13.4. The lowest BCUT2D eigenvalue weighted by molar-refractivity contribution is 0.0707. The van der Waals surface area contributed by atoms with Gasteiger partial charge in [0.25, 0.3) is 11.5 Å². The van der Waals surface area contributed by atoms with Gasteiger partial charge in [-0.05, 0) is 54.8 Å². The van der Waals surface area contributed by atoms with Crippen LogP contribution in [0.15, 0.2) is 47.3 Å². The largest absolute Gasteiger partial charge is 0.331 e. The van der Waals surface area contributed by atoms with Crippen molar-refractivity contribution in [2.45, 2.75) is 39.5 Å². The van der Waals surface area contributed by atoms with Crippen LogP contribution in [0.3, 0.4) is 0 Å². The highest BCUT2D eigenvalue weighted by molar-refractivity contribution is 6.36. The average molecular weight is 523 g/mol. The highest BCUT2D eigenvalue weighted by atomic mass is 35.5.